The third-order valence-corrected chi connectivity index (χ3v) is 3.47. The first-order chi connectivity index (χ1) is 9.58. The van der Waals surface area contributed by atoms with Gasteiger partial charge in [-0.1, -0.05) is 27.2 Å². The van der Waals surface area contributed by atoms with Gasteiger partial charge in [-0.25, -0.2) is 0 Å². The van der Waals surface area contributed by atoms with Gasteiger partial charge in [-0.3, -0.25) is 0 Å². The van der Waals surface area contributed by atoms with Gasteiger partial charge in [0.15, 0.2) is 0 Å². The van der Waals surface area contributed by atoms with Gasteiger partial charge in [-0.05, 0) is 19.3 Å². The predicted molar refractivity (Wildman–Crippen MR) is 81.0 cm³/mol. The SMILES string of the molecule is CCCCOCCOCC(O)CNCC(O)(CC)CC. The molecule has 0 aliphatic carbocycles. The molecule has 0 bridgehead atoms. The van der Waals surface area contributed by atoms with Crippen LogP contribution in [0.3, 0.4) is 0 Å². The van der Waals surface area contributed by atoms with Crippen LogP contribution in [-0.2, 0) is 9.47 Å². The van der Waals surface area contributed by atoms with Crippen LogP contribution in [0.4, 0.5) is 0 Å². The third kappa shape index (κ3) is 10.6. The molecule has 5 heteroatoms. The molecule has 3 N–H and O–H groups in total. The van der Waals surface area contributed by atoms with E-state index < -0.39 is 11.7 Å². The van der Waals surface area contributed by atoms with Gasteiger partial charge >= 0.3 is 0 Å². The van der Waals surface area contributed by atoms with Crippen LogP contribution < -0.4 is 5.32 Å². The van der Waals surface area contributed by atoms with Gasteiger partial charge in [0.1, 0.15) is 0 Å². The Morgan fingerprint density at radius 1 is 1.05 bits per heavy atom. The Kier molecular flexibility index (Phi) is 12.4. The quantitative estimate of drug-likeness (QED) is 0.421. The molecule has 0 heterocycles. The normalized spacial score (nSPS) is 13.7. The van der Waals surface area contributed by atoms with Crippen LogP contribution in [0.25, 0.3) is 0 Å². The van der Waals surface area contributed by atoms with Crippen LogP contribution in [0.5, 0.6) is 0 Å². The minimum Gasteiger partial charge on any atom is -0.389 e. The van der Waals surface area contributed by atoms with Gasteiger partial charge in [0, 0.05) is 19.7 Å². The molecule has 0 aromatic carbocycles. The van der Waals surface area contributed by atoms with E-state index in [9.17, 15) is 10.2 Å². The molecule has 0 aliphatic rings. The molecule has 20 heavy (non-hydrogen) atoms. The van der Waals surface area contributed by atoms with Crippen molar-refractivity contribution in [2.24, 2.45) is 0 Å². The first-order valence-electron chi connectivity index (χ1n) is 7.84. The van der Waals surface area contributed by atoms with Gasteiger partial charge in [0.25, 0.3) is 0 Å². The molecule has 0 saturated heterocycles. The number of ether oxygens (including phenoxy) is 2. The zero-order valence-electron chi connectivity index (χ0n) is 13.4. The highest BCUT2D eigenvalue weighted by molar-refractivity contribution is 4.78. The van der Waals surface area contributed by atoms with E-state index in [0.717, 1.165) is 19.4 Å². The molecule has 122 valence electrons. The van der Waals surface area contributed by atoms with Crippen molar-refractivity contribution in [3.05, 3.63) is 0 Å². The summed E-state index contributed by atoms with van der Waals surface area (Å²) in [5, 5.41) is 22.9. The molecule has 0 radical (unpaired) electrons. The lowest BCUT2D eigenvalue weighted by molar-refractivity contribution is -0.00179. The molecule has 1 unspecified atom stereocenters. The summed E-state index contributed by atoms with van der Waals surface area (Å²) < 4.78 is 10.7. The molecule has 0 amide bonds. The van der Waals surface area contributed by atoms with Crippen molar-refractivity contribution in [3.8, 4) is 0 Å². The Hall–Kier alpha value is -0.200. The lowest BCUT2D eigenvalue weighted by atomic mass is 9.97. The second-order valence-electron chi connectivity index (χ2n) is 5.26. The van der Waals surface area contributed by atoms with Crippen LogP contribution in [0.2, 0.25) is 0 Å². The Morgan fingerprint density at radius 2 is 1.70 bits per heavy atom. The second-order valence-corrected chi connectivity index (χ2v) is 5.26. The third-order valence-electron chi connectivity index (χ3n) is 3.47. The lowest BCUT2D eigenvalue weighted by Crippen LogP contribution is -2.42. The van der Waals surface area contributed by atoms with Crippen molar-refractivity contribution >= 4 is 0 Å². The maximum Gasteiger partial charge on any atom is 0.0897 e. The summed E-state index contributed by atoms with van der Waals surface area (Å²) >= 11 is 0. The number of nitrogens with one attached hydrogen (secondary N) is 1. The van der Waals surface area contributed by atoms with Crippen LogP contribution in [0, 0.1) is 0 Å². The Balaban J connectivity index is 3.43. The summed E-state index contributed by atoms with van der Waals surface area (Å²) in [7, 11) is 0. The fourth-order valence-corrected chi connectivity index (χ4v) is 1.72. The smallest absolute Gasteiger partial charge is 0.0897 e. The topological polar surface area (TPSA) is 71.0 Å². The Bertz CT molecular complexity index is 210. The number of aliphatic hydroxyl groups is 2. The summed E-state index contributed by atoms with van der Waals surface area (Å²) in [5.74, 6) is 0. The van der Waals surface area contributed by atoms with Gasteiger partial charge in [-0.2, -0.15) is 0 Å². The van der Waals surface area contributed by atoms with Gasteiger partial charge in [0.2, 0.25) is 0 Å². The summed E-state index contributed by atoms with van der Waals surface area (Å²) in [4.78, 5) is 0. The first kappa shape index (κ1) is 19.8. The molecule has 0 rings (SSSR count). The lowest BCUT2D eigenvalue weighted by Gasteiger charge is -2.26. The highest BCUT2D eigenvalue weighted by Crippen LogP contribution is 2.12. The van der Waals surface area contributed by atoms with Crippen LogP contribution in [-0.4, -0.2) is 61.4 Å². The minimum atomic E-state index is -0.673. The summed E-state index contributed by atoms with van der Waals surface area (Å²) in [6, 6.07) is 0. The van der Waals surface area contributed by atoms with Crippen molar-refractivity contribution in [3.63, 3.8) is 0 Å². The molecule has 0 saturated carbocycles. The average molecular weight is 291 g/mol. The van der Waals surface area contributed by atoms with Crippen LogP contribution in [0.15, 0.2) is 0 Å². The number of unbranched alkanes of at least 4 members (excludes halogenated alkanes) is 1. The number of hydrogen-bond donors (Lipinski definition) is 3. The average Bonchev–Trinajstić information content (AvgIpc) is 2.46. The zero-order chi connectivity index (χ0) is 15.3. The van der Waals surface area contributed by atoms with Gasteiger partial charge in [-0.15, -0.1) is 0 Å². The van der Waals surface area contributed by atoms with Crippen molar-refractivity contribution in [2.45, 2.75) is 58.2 Å². The second kappa shape index (κ2) is 12.5. The molecule has 5 nitrogen and oxygen atoms in total. The monoisotopic (exact) mass is 291 g/mol. The molecule has 0 spiro atoms. The molecular weight excluding hydrogens is 258 g/mol. The first-order valence-corrected chi connectivity index (χ1v) is 7.84. The molecule has 0 aliphatic heterocycles. The molecule has 0 fully saturated rings. The molecule has 0 aromatic heterocycles. The standard InChI is InChI=1S/C15H33NO4/c1-4-7-8-19-9-10-20-12-14(17)11-16-13-15(18,5-2)6-3/h14,16-18H,4-13H2,1-3H3. The number of hydrogen-bond acceptors (Lipinski definition) is 5. The summed E-state index contributed by atoms with van der Waals surface area (Å²) in [6.07, 6.45) is 3.07. The van der Waals surface area contributed by atoms with Crippen molar-refractivity contribution in [2.75, 3.05) is 39.5 Å². The predicted octanol–water partition coefficient (Wildman–Crippen LogP) is 1.32. The fourth-order valence-electron chi connectivity index (χ4n) is 1.72. The highest BCUT2D eigenvalue weighted by atomic mass is 16.5. The van der Waals surface area contributed by atoms with E-state index >= 15 is 0 Å². The van der Waals surface area contributed by atoms with Crippen molar-refractivity contribution < 1.29 is 19.7 Å². The van der Waals surface area contributed by atoms with Crippen molar-refractivity contribution in [1.82, 2.24) is 5.32 Å². The molecule has 0 aromatic rings. The van der Waals surface area contributed by atoms with E-state index in [2.05, 4.69) is 12.2 Å². The molecular formula is C15H33NO4. The summed E-state index contributed by atoms with van der Waals surface area (Å²) in [6.45, 7) is 9.13. The van der Waals surface area contributed by atoms with E-state index in [1.807, 2.05) is 13.8 Å². The van der Waals surface area contributed by atoms with Crippen LogP contribution in [0.1, 0.15) is 46.5 Å². The molecule has 1 atom stereocenters. The van der Waals surface area contributed by atoms with E-state index in [0.29, 0.717) is 45.8 Å². The zero-order valence-corrected chi connectivity index (χ0v) is 13.4. The number of rotatable bonds is 14. The maximum absolute atomic E-state index is 10.1. The number of aliphatic hydroxyl groups excluding tert-OH is 1. The van der Waals surface area contributed by atoms with Gasteiger partial charge < -0.3 is 25.0 Å². The van der Waals surface area contributed by atoms with Crippen LogP contribution >= 0.6 is 0 Å². The van der Waals surface area contributed by atoms with E-state index in [-0.39, 0.29) is 0 Å². The highest BCUT2D eigenvalue weighted by Gasteiger charge is 2.21. The van der Waals surface area contributed by atoms with E-state index in [1.165, 1.54) is 0 Å². The van der Waals surface area contributed by atoms with Gasteiger partial charge in [0.05, 0.1) is 31.5 Å². The largest absolute Gasteiger partial charge is 0.389 e. The maximum atomic E-state index is 10.1. The Labute approximate surface area is 123 Å². The Morgan fingerprint density at radius 3 is 2.30 bits per heavy atom. The minimum absolute atomic E-state index is 0.292. The van der Waals surface area contributed by atoms with E-state index in [4.69, 9.17) is 9.47 Å². The fraction of sp³-hybridized carbons (Fsp3) is 1.00. The van der Waals surface area contributed by atoms with E-state index in [1.54, 1.807) is 0 Å². The van der Waals surface area contributed by atoms with Crippen molar-refractivity contribution in [1.29, 1.82) is 0 Å². The summed E-state index contributed by atoms with van der Waals surface area (Å²) in [5.41, 5.74) is -0.673.